The average molecular weight is 1230 g/mol. The molecule has 0 unspecified atom stereocenters. The van der Waals surface area contributed by atoms with Crippen molar-refractivity contribution in [2.75, 3.05) is 32.3 Å². The van der Waals surface area contributed by atoms with Crippen LogP contribution in [0.2, 0.25) is 0 Å². The van der Waals surface area contributed by atoms with Gasteiger partial charge in [-0.15, -0.1) is 18.7 Å². The second kappa shape index (κ2) is 31.0. The van der Waals surface area contributed by atoms with E-state index < -0.39 is 52.7 Å². The molecule has 0 aromatic heterocycles. The van der Waals surface area contributed by atoms with Crippen molar-refractivity contribution in [3.63, 3.8) is 0 Å². The number of amides is 4. The second-order valence-corrected chi connectivity index (χ2v) is 21.7. The smallest absolute Gasteiger partial charge is 0.744 e. The topological polar surface area (TPSA) is 330 Å². The van der Waals surface area contributed by atoms with Gasteiger partial charge in [-0.1, -0.05) is 95.5 Å². The van der Waals surface area contributed by atoms with Gasteiger partial charge < -0.3 is 50.6 Å². The van der Waals surface area contributed by atoms with Crippen LogP contribution in [0.4, 0.5) is 55.1 Å². The van der Waals surface area contributed by atoms with Crippen molar-refractivity contribution in [3.8, 4) is 22.5 Å². The number of aryl methyl sites for hydroxylation is 4. The molecule has 85 heavy (non-hydrogen) atoms. The summed E-state index contributed by atoms with van der Waals surface area (Å²) in [5.41, 5.74) is 14.2. The maximum atomic E-state index is 13.2. The zero-order valence-corrected chi connectivity index (χ0v) is 54.2. The van der Waals surface area contributed by atoms with Crippen LogP contribution in [-0.2, 0) is 35.6 Å². The molecule has 2 aliphatic rings. The summed E-state index contributed by atoms with van der Waals surface area (Å²) < 4.78 is 116. The summed E-state index contributed by atoms with van der Waals surface area (Å²) in [6.07, 6.45) is 0. The molecule has 20 nitrogen and oxygen atoms in total. The van der Waals surface area contributed by atoms with E-state index >= 15 is 0 Å². The summed E-state index contributed by atoms with van der Waals surface area (Å²) in [6, 6.07) is 44.2. The zero-order chi connectivity index (χ0) is 61.6. The summed E-state index contributed by atoms with van der Waals surface area (Å²) in [5.74, 6) is -0.0655. The molecule has 4 amide bonds. The van der Waals surface area contributed by atoms with Crippen LogP contribution >= 0.6 is 0 Å². The predicted molar refractivity (Wildman–Crippen MR) is 316 cm³/mol. The Morgan fingerprint density at radius 3 is 1.54 bits per heavy atom. The van der Waals surface area contributed by atoms with Gasteiger partial charge in [0, 0.05) is 46.4 Å². The molecule has 8 N–H and O–H groups in total. The first-order chi connectivity index (χ1) is 39.7. The van der Waals surface area contributed by atoms with Gasteiger partial charge in [-0.2, -0.15) is 12.1 Å². The minimum absolute atomic E-state index is 0. The van der Waals surface area contributed by atoms with Gasteiger partial charge in [-0.25, -0.2) is 31.4 Å². The van der Waals surface area contributed by atoms with E-state index in [0.29, 0.717) is 62.1 Å². The molecule has 0 saturated carbocycles. The molecule has 1 heterocycles. The molecule has 0 radical (unpaired) electrons. The maximum absolute atomic E-state index is 13.2. The normalized spacial score (nSPS) is 11.0. The van der Waals surface area contributed by atoms with E-state index in [0.717, 1.165) is 28.9 Å². The fourth-order valence-electron chi connectivity index (χ4n) is 8.87. The average Bonchev–Trinajstić information content (AvgIpc) is 0.769. The van der Waals surface area contributed by atoms with Crippen molar-refractivity contribution in [2.45, 2.75) is 65.2 Å². The van der Waals surface area contributed by atoms with Crippen LogP contribution < -0.4 is 102 Å². The predicted octanol–water partition coefficient (Wildman–Crippen LogP) is 3.88. The quantitative estimate of drug-likeness (QED) is 0.0336. The number of ketones is 1. The number of rotatable bonds is 10. The minimum Gasteiger partial charge on any atom is -0.744 e. The van der Waals surface area contributed by atoms with Gasteiger partial charge in [0.05, 0.1) is 22.3 Å². The van der Waals surface area contributed by atoms with Crippen molar-refractivity contribution in [2.24, 2.45) is 0 Å². The molecule has 430 valence electrons. The van der Waals surface area contributed by atoms with Gasteiger partial charge in [0.15, 0.2) is 0 Å². The second-order valence-electron chi connectivity index (χ2n) is 18.6. The van der Waals surface area contributed by atoms with Gasteiger partial charge in [-0.3, -0.25) is 0 Å². The van der Waals surface area contributed by atoms with Crippen LogP contribution in [0.1, 0.15) is 48.6 Å². The fraction of sp³-hybridized carbons (Fsp3) is 0.133. The molecule has 1 aliphatic carbocycles. The number of hydrogen-bond acceptors (Lipinski definition) is 15. The van der Waals surface area contributed by atoms with Gasteiger partial charge in [0.2, 0.25) is 11.0 Å². The van der Waals surface area contributed by atoms with E-state index in [1.54, 1.807) is 69.3 Å². The van der Waals surface area contributed by atoms with Crippen LogP contribution in [0, 0.1) is 47.6 Å². The van der Waals surface area contributed by atoms with Crippen LogP contribution in [0.25, 0.3) is 33.4 Å². The van der Waals surface area contributed by atoms with E-state index in [4.69, 9.17) is 24.1 Å². The molecule has 1 aliphatic heterocycles. The molecular formula is C60H57N7Na2O13S3. The number of carbonyl (C=O) groups excluding carboxylic acids is 3. The number of nitrogens with two attached hydrogens (primary N) is 1. The Kier molecular flexibility index (Phi) is 24.9. The van der Waals surface area contributed by atoms with Gasteiger partial charge in [-0.05, 0) is 138 Å². The Morgan fingerprint density at radius 1 is 0.600 bits per heavy atom. The van der Waals surface area contributed by atoms with E-state index in [1.165, 1.54) is 37.3 Å². The number of Topliss-reactive ketones (excluding diaryl/α,β-unsaturated/α-hetero) is 1. The Balaban J connectivity index is 0.000000773. The summed E-state index contributed by atoms with van der Waals surface area (Å²) in [4.78, 5) is 37.7. The Morgan fingerprint density at radius 2 is 1.06 bits per heavy atom. The maximum Gasteiger partial charge on any atom is 1.00 e. The van der Waals surface area contributed by atoms with Crippen LogP contribution in [0.5, 0.6) is 0 Å². The Hall–Kier alpha value is -7.52. The molecule has 7 aromatic carbocycles. The van der Waals surface area contributed by atoms with E-state index in [9.17, 15) is 40.3 Å². The van der Waals surface area contributed by atoms with E-state index in [2.05, 4.69) is 37.6 Å². The molecule has 25 heteroatoms. The van der Waals surface area contributed by atoms with Crippen LogP contribution in [0.15, 0.2) is 166 Å². The number of urea groups is 2. The van der Waals surface area contributed by atoms with E-state index in [-0.39, 0.29) is 111 Å². The zero-order valence-electron chi connectivity index (χ0n) is 48.8. The van der Waals surface area contributed by atoms with Gasteiger partial charge in [0.25, 0.3) is 0 Å². The van der Waals surface area contributed by atoms with Gasteiger partial charge in [0.1, 0.15) is 36.7 Å². The molecule has 0 atom stereocenters. The third-order valence-corrected chi connectivity index (χ3v) is 14.0. The van der Waals surface area contributed by atoms with Crippen molar-refractivity contribution in [1.29, 1.82) is 0 Å². The Bertz CT molecular complexity index is 4330. The Labute approximate surface area is 539 Å². The first-order valence-electron chi connectivity index (χ1n) is 25.6. The van der Waals surface area contributed by atoms with Crippen molar-refractivity contribution < 1.29 is 123 Å². The fourth-order valence-corrected chi connectivity index (χ4v) is 10.2. The summed E-state index contributed by atoms with van der Waals surface area (Å²) in [5, 5.41) is 14.9. The summed E-state index contributed by atoms with van der Waals surface area (Å²) in [6.45, 7) is 12.3. The standard InChI is InChI=1S/C51H45N6O9S2.C6H7N.C3H6O.2Na.O3S/c1-28-23-30(3)48(56-50(58)53-34-15-9-7-10-16-34)32(5)46(28)52-36-21-22-37-41(25-36)66-42-27-40(44(68(63,64)65)26-39(42)45(37)38-19-13-14-20-43(38)67(60,61)62)55-47-29(2)24-31(4)49(33(47)6)57-51(59)54-35-17-11-8-12-18-35;7-6-4-2-1-3-5-6;1-3(2)4;;;1-4(2)3/h7-20,22-27,52H,1-6H3,(H2,53,56,58)(H2,54,57,59)(H,60,61,62)(H,63,64,65);1-5H,7H2;1-2H3;;;/q-1;;;2*+1;/p-1/i;;1D;;;. The molecule has 0 bridgehead atoms. The minimum atomic E-state index is -5.28. The first-order valence-corrected chi connectivity index (χ1v) is 28.7. The number of anilines is 7. The van der Waals surface area contributed by atoms with Crippen LogP contribution in [-0.4, -0.2) is 56.4 Å². The number of nitrogen functional groups attached to an aromatic ring is 1. The van der Waals surface area contributed by atoms with E-state index in [1.807, 2.05) is 81.4 Å². The number of carbonyl (C=O) groups is 3. The molecule has 9 rings (SSSR count). The molecule has 7 aromatic rings. The van der Waals surface area contributed by atoms with Gasteiger partial charge >= 0.3 is 81.8 Å². The summed E-state index contributed by atoms with van der Waals surface area (Å²) >= 11 is 0. The van der Waals surface area contributed by atoms with Crippen molar-refractivity contribution >= 4 is 105 Å². The number of hydrogen-bond donors (Lipinski definition) is 7. The SMILES string of the molecule is Cc1cc(C)c(Nc2[c-]cc3c(-c4ccccc4S(=O)(=O)[O-])c4cc(S(=O)(=O)[O-])c(=[NH+]c5c(C)cc(C)c(NC(=O)Nc6ccccc6)c5C)cc-4oc3c2)c(C)c1NC(=O)Nc1ccccc1.Nc1ccccc1.O=S(=O)=O.[2H]CC(C)=O.[Na+].[Na+]. The molecular weight excluding hydrogens is 1170 g/mol. The largest absolute Gasteiger partial charge is 1.00 e. The monoisotopic (exact) mass is 1230 g/mol. The number of nitrogens with one attached hydrogen (secondary N) is 6. The van der Waals surface area contributed by atoms with Crippen molar-refractivity contribution in [3.05, 3.63) is 196 Å². The molecule has 0 fully saturated rings. The summed E-state index contributed by atoms with van der Waals surface area (Å²) in [7, 11) is -13.5. The number of benzene rings is 8. The third kappa shape index (κ3) is 19.2. The van der Waals surface area contributed by atoms with Crippen molar-refractivity contribution in [1.82, 2.24) is 0 Å². The molecule has 0 spiro atoms. The third-order valence-electron chi connectivity index (χ3n) is 12.3. The van der Waals surface area contributed by atoms with Crippen LogP contribution in [0.3, 0.4) is 0 Å². The number of para-hydroxylation sites is 3. The number of fused-ring (bicyclic) bond motifs is 2. The molecule has 0 saturated heterocycles. The first kappa shape index (κ1) is 68.3.